The van der Waals surface area contributed by atoms with E-state index >= 15 is 0 Å². The quantitative estimate of drug-likeness (QED) is 0.0618. The fraction of sp³-hybridized carbons (Fsp3) is 0.278. The summed E-state index contributed by atoms with van der Waals surface area (Å²) in [5, 5.41) is 15.8. The zero-order valence-corrected chi connectivity index (χ0v) is 46.4. The van der Waals surface area contributed by atoms with Crippen molar-refractivity contribution in [1.82, 2.24) is 4.90 Å². The molecule has 426 valence electrons. The molecule has 0 heterocycles. The number of likely N-dealkylation sites (N-methyl/N-ethyl adjacent to an activating group) is 1. The number of alkyl halides is 9. The average Bonchev–Trinajstić information content (AvgIpc) is 3.36. The summed E-state index contributed by atoms with van der Waals surface area (Å²) in [6, 6.07) is 23.5. The molecule has 79 heavy (non-hydrogen) atoms. The molecule has 0 aliphatic rings. The fourth-order valence-electron chi connectivity index (χ4n) is 6.65. The van der Waals surface area contributed by atoms with E-state index in [1.165, 1.54) is 36.4 Å². The monoisotopic (exact) mass is 1240 g/mol. The summed E-state index contributed by atoms with van der Waals surface area (Å²) >= 11 is 20.0. The van der Waals surface area contributed by atoms with E-state index in [2.05, 4.69) is 31.9 Å². The van der Waals surface area contributed by atoms with Gasteiger partial charge in [-0.1, -0.05) is 66.8 Å². The van der Waals surface area contributed by atoms with Crippen LogP contribution in [-0.2, 0) is 18.5 Å². The number of aromatic hydroxyl groups is 1. The Balaban J connectivity index is 0.000000257. The zero-order chi connectivity index (χ0) is 58.8. The van der Waals surface area contributed by atoms with Crippen LogP contribution in [0.5, 0.6) is 28.7 Å². The van der Waals surface area contributed by atoms with Gasteiger partial charge in [-0.3, -0.25) is 14.4 Å². The number of benzene rings is 6. The van der Waals surface area contributed by atoms with Crippen LogP contribution in [0.1, 0.15) is 81.4 Å². The van der Waals surface area contributed by atoms with Gasteiger partial charge in [-0.2, -0.15) is 39.5 Å². The lowest BCUT2D eigenvalue weighted by Gasteiger charge is -2.17. The minimum Gasteiger partial charge on any atom is -0.507 e. The maximum atomic E-state index is 13.1. The molecular weight excluding hydrogens is 1190 g/mol. The van der Waals surface area contributed by atoms with Gasteiger partial charge in [-0.15, -0.1) is 0 Å². The third kappa shape index (κ3) is 19.3. The highest BCUT2D eigenvalue weighted by Crippen LogP contribution is 2.40. The minimum atomic E-state index is -4.65. The van der Waals surface area contributed by atoms with Crippen molar-refractivity contribution in [2.75, 3.05) is 63.0 Å². The van der Waals surface area contributed by atoms with Crippen molar-refractivity contribution >= 4 is 85.5 Å². The molecule has 0 bridgehead atoms. The highest BCUT2D eigenvalue weighted by atomic mass is 79.9. The molecule has 6 aromatic rings. The van der Waals surface area contributed by atoms with Crippen molar-refractivity contribution < 1.29 is 78.0 Å². The number of hydrogen-bond acceptors (Lipinski definition) is 9. The molecule has 0 aliphatic heterocycles. The standard InChI is InChI=1S/C21H24ClF3N2O3.C17H15ClF3NO3.C16H12BrClF3NO2/c1-4-11-29-17-6-5-7-18(30-12-10-27(2)3)19(17)20(28)26-14-8-9-16(22)15(13-14)21(23,24)25;1-2-8-25-14-5-3-4-13(23)15(14)16(24)22-10-6-7-12(18)11(9-10)17(19,20)21;1-2-24-13-5-3-4-11(17)14(13)15(23)22-9-6-7-12(18)10(8-9)16(19,20)21/h5-9,13H,4,10-12H2,1-3H3,(H,26,28);3-7,9,23H,2,8H2,1H3,(H,22,24);3-8H,2H2,1H3,(H,22,23). The molecule has 6 aromatic carbocycles. The zero-order valence-electron chi connectivity index (χ0n) is 42.5. The molecule has 0 atom stereocenters. The van der Waals surface area contributed by atoms with Crippen molar-refractivity contribution in [3.63, 3.8) is 0 Å². The number of nitrogens with one attached hydrogen (secondary N) is 3. The Hall–Kier alpha value is -6.59. The number of carbonyl (C=O) groups is 3. The van der Waals surface area contributed by atoms with Crippen LogP contribution in [0.4, 0.5) is 56.6 Å². The van der Waals surface area contributed by atoms with E-state index in [-0.39, 0.29) is 51.0 Å². The van der Waals surface area contributed by atoms with E-state index in [4.69, 9.17) is 53.8 Å². The number of phenols is 1. The number of ether oxygens (including phenoxy) is 4. The first kappa shape index (κ1) is 64.9. The van der Waals surface area contributed by atoms with Crippen molar-refractivity contribution in [3.05, 3.63) is 162 Å². The van der Waals surface area contributed by atoms with Gasteiger partial charge in [0.2, 0.25) is 0 Å². The Labute approximate surface area is 472 Å². The van der Waals surface area contributed by atoms with Gasteiger partial charge in [0.05, 0.1) is 57.1 Å². The van der Waals surface area contributed by atoms with Crippen molar-refractivity contribution in [2.45, 2.75) is 52.1 Å². The number of nitrogens with zero attached hydrogens (tertiary/aromatic N) is 1. The number of rotatable bonds is 18. The Morgan fingerprint density at radius 1 is 0.506 bits per heavy atom. The second-order valence-electron chi connectivity index (χ2n) is 16.6. The maximum Gasteiger partial charge on any atom is 0.417 e. The van der Waals surface area contributed by atoms with Crippen LogP contribution in [0.2, 0.25) is 15.1 Å². The lowest BCUT2D eigenvalue weighted by molar-refractivity contribution is -0.138. The van der Waals surface area contributed by atoms with Crippen LogP contribution in [-0.4, -0.2) is 74.8 Å². The number of anilines is 3. The van der Waals surface area contributed by atoms with E-state index in [1.54, 1.807) is 43.3 Å². The van der Waals surface area contributed by atoms with E-state index in [9.17, 15) is 59.0 Å². The number of carbonyl (C=O) groups excluding carboxylic acids is 3. The molecular formula is C54H51BrCl3F9N4O8. The third-order valence-corrected chi connectivity index (χ3v) is 11.9. The lowest BCUT2D eigenvalue weighted by atomic mass is 10.1. The molecule has 4 N–H and O–H groups in total. The van der Waals surface area contributed by atoms with Crippen LogP contribution >= 0.6 is 50.7 Å². The molecule has 0 saturated carbocycles. The number of hydrogen-bond donors (Lipinski definition) is 4. The largest absolute Gasteiger partial charge is 0.507 e. The normalized spacial score (nSPS) is 11.3. The summed E-state index contributed by atoms with van der Waals surface area (Å²) in [5.74, 6) is -1.32. The topological polar surface area (TPSA) is 148 Å². The molecule has 0 unspecified atom stereocenters. The van der Waals surface area contributed by atoms with E-state index in [1.807, 2.05) is 32.8 Å². The van der Waals surface area contributed by atoms with Gasteiger partial charge in [-0.25, -0.2) is 0 Å². The van der Waals surface area contributed by atoms with E-state index < -0.39 is 68.0 Å². The highest BCUT2D eigenvalue weighted by molar-refractivity contribution is 9.10. The van der Waals surface area contributed by atoms with Crippen LogP contribution < -0.4 is 34.9 Å². The number of amides is 3. The number of phenolic OH excluding ortho intramolecular Hbond substituents is 1. The van der Waals surface area contributed by atoms with Crippen molar-refractivity contribution in [2.24, 2.45) is 0 Å². The molecule has 6 rings (SSSR count). The van der Waals surface area contributed by atoms with Crippen molar-refractivity contribution in [1.29, 1.82) is 0 Å². The van der Waals surface area contributed by atoms with Crippen LogP contribution in [0.25, 0.3) is 0 Å². The van der Waals surface area contributed by atoms with Crippen LogP contribution in [0, 0.1) is 0 Å². The molecule has 0 aromatic heterocycles. The predicted octanol–water partition coefficient (Wildman–Crippen LogP) is 16.2. The summed E-state index contributed by atoms with van der Waals surface area (Å²) in [4.78, 5) is 39.7. The third-order valence-electron chi connectivity index (χ3n) is 10.3. The summed E-state index contributed by atoms with van der Waals surface area (Å²) in [6.07, 6.45) is -12.5. The molecule has 25 heteroatoms. The van der Waals surface area contributed by atoms with E-state index in [0.29, 0.717) is 55.4 Å². The van der Waals surface area contributed by atoms with Crippen LogP contribution in [0.3, 0.4) is 0 Å². The number of halogens is 13. The Morgan fingerprint density at radius 3 is 1.23 bits per heavy atom. The molecule has 0 fully saturated rings. The second-order valence-corrected chi connectivity index (χ2v) is 18.7. The lowest BCUT2D eigenvalue weighted by Crippen LogP contribution is -2.21. The van der Waals surface area contributed by atoms with E-state index in [0.717, 1.165) is 42.8 Å². The summed E-state index contributed by atoms with van der Waals surface area (Å²) in [7, 11) is 3.77. The first-order chi connectivity index (χ1) is 37.1. The molecule has 0 spiro atoms. The summed E-state index contributed by atoms with van der Waals surface area (Å²) < 4.78 is 139. The predicted molar refractivity (Wildman–Crippen MR) is 289 cm³/mol. The SMILES string of the molecule is CCCOc1cccc(O)c1C(=O)Nc1ccc(Cl)c(C(F)(F)F)c1.CCCOc1cccc(OCCN(C)C)c1C(=O)Nc1ccc(Cl)c(C(F)(F)F)c1.CCOc1cccc(Br)c1C(=O)Nc1ccc(Cl)c(C(F)(F)F)c1. The molecule has 3 amide bonds. The van der Waals surface area contributed by atoms with Gasteiger partial charge < -0.3 is 44.9 Å². The Kier molecular flexibility index (Phi) is 24.3. The summed E-state index contributed by atoms with van der Waals surface area (Å²) in [5.41, 5.74) is -3.11. The second kappa shape index (κ2) is 29.6. The average molecular weight is 1240 g/mol. The van der Waals surface area contributed by atoms with Gasteiger partial charge in [-0.05, 0) is 141 Å². The Morgan fingerprint density at radius 2 is 0.848 bits per heavy atom. The fourth-order valence-corrected chi connectivity index (χ4v) is 7.85. The molecule has 0 aliphatic carbocycles. The molecule has 0 radical (unpaired) electrons. The minimum absolute atomic E-state index is 0.0186. The highest BCUT2D eigenvalue weighted by Gasteiger charge is 2.36. The van der Waals surface area contributed by atoms with Crippen molar-refractivity contribution in [3.8, 4) is 28.7 Å². The van der Waals surface area contributed by atoms with Gasteiger partial charge >= 0.3 is 18.5 Å². The first-order valence-corrected chi connectivity index (χ1v) is 25.5. The molecule has 12 nitrogen and oxygen atoms in total. The smallest absolute Gasteiger partial charge is 0.417 e. The first-order valence-electron chi connectivity index (χ1n) is 23.5. The van der Waals surface area contributed by atoms with Gasteiger partial charge in [0, 0.05) is 28.1 Å². The van der Waals surface area contributed by atoms with Crippen LogP contribution in [0.15, 0.2) is 114 Å². The summed E-state index contributed by atoms with van der Waals surface area (Å²) in [6.45, 7) is 7.53. The van der Waals surface area contributed by atoms with Gasteiger partial charge in [0.15, 0.2) is 0 Å². The maximum absolute atomic E-state index is 13.1. The van der Waals surface area contributed by atoms with Gasteiger partial charge in [0.1, 0.15) is 46.5 Å². The molecule has 0 saturated heterocycles. The van der Waals surface area contributed by atoms with Gasteiger partial charge in [0.25, 0.3) is 17.7 Å². The Bertz CT molecular complexity index is 3060.